The third-order valence-corrected chi connectivity index (χ3v) is 3.95. The summed E-state index contributed by atoms with van der Waals surface area (Å²) < 4.78 is 16.2. The summed E-state index contributed by atoms with van der Waals surface area (Å²) in [5.74, 6) is 1.51. The number of carbonyl (C=O) groups excluding carboxylic acids is 1. The van der Waals surface area contributed by atoms with Crippen LogP contribution in [0.1, 0.15) is 10.4 Å². The average Bonchev–Trinajstić information content (AvgIpc) is 2.70. The highest BCUT2D eigenvalue weighted by Gasteiger charge is 2.14. The van der Waals surface area contributed by atoms with Gasteiger partial charge in [0.2, 0.25) is 5.88 Å². The minimum absolute atomic E-state index is 0.272. The van der Waals surface area contributed by atoms with Gasteiger partial charge in [-0.15, -0.1) is 0 Å². The topological polar surface area (TPSA) is 69.7 Å². The van der Waals surface area contributed by atoms with Gasteiger partial charge in [0.1, 0.15) is 11.4 Å². The van der Waals surface area contributed by atoms with Crippen molar-refractivity contribution in [3.63, 3.8) is 0 Å². The lowest BCUT2D eigenvalue weighted by molar-refractivity contribution is 0.102. The van der Waals surface area contributed by atoms with Crippen LogP contribution in [-0.4, -0.2) is 25.1 Å². The van der Waals surface area contributed by atoms with E-state index >= 15 is 0 Å². The number of halogens is 1. The number of anilines is 1. The first-order valence-electron chi connectivity index (χ1n) is 8.02. The number of nitrogens with one attached hydrogen (secondary N) is 1. The second-order valence-corrected chi connectivity index (χ2v) is 5.87. The fourth-order valence-electron chi connectivity index (χ4n) is 2.35. The number of rotatable bonds is 6. The van der Waals surface area contributed by atoms with Gasteiger partial charge in [-0.2, -0.15) is 0 Å². The Kier molecular flexibility index (Phi) is 5.78. The molecule has 3 aromatic rings. The zero-order valence-electron chi connectivity index (χ0n) is 14.7. The lowest BCUT2D eigenvalue weighted by Gasteiger charge is -2.12. The van der Waals surface area contributed by atoms with E-state index in [0.717, 1.165) is 0 Å². The van der Waals surface area contributed by atoms with Gasteiger partial charge in [-0.1, -0.05) is 11.6 Å². The molecule has 2 aromatic carbocycles. The molecule has 138 valence electrons. The van der Waals surface area contributed by atoms with Crippen molar-refractivity contribution in [1.82, 2.24) is 4.98 Å². The lowest BCUT2D eigenvalue weighted by atomic mass is 10.2. The third kappa shape index (κ3) is 4.48. The molecule has 0 aliphatic carbocycles. The lowest BCUT2D eigenvalue weighted by Crippen LogP contribution is -2.13. The van der Waals surface area contributed by atoms with Gasteiger partial charge in [-0.05, 0) is 54.6 Å². The van der Waals surface area contributed by atoms with Crippen LogP contribution >= 0.6 is 11.6 Å². The number of carbonyl (C=O) groups is 1. The summed E-state index contributed by atoms with van der Waals surface area (Å²) in [7, 11) is 3.05. The Labute approximate surface area is 161 Å². The summed E-state index contributed by atoms with van der Waals surface area (Å²) in [4.78, 5) is 16.8. The molecule has 0 aliphatic rings. The summed E-state index contributed by atoms with van der Waals surface area (Å²) >= 11 is 5.88. The standard InChI is InChI=1S/C20H17ClN2O4/c1-25-17-10-5-13(12-18(17)26-2)19(24)23-16-4-3-11-22-20(16)27-15-8-6-14(21)7-9-15/h3-12H,1-2H3,(H,23,24). The number of benzene rings is 2. The first kappa shape index (κ1) is 18.5. The second-order valence-electron chi connectivity index (χ2n) is 5.44. The van der Waals surface area contributed by atoms with Crippen molar-refractivity contribution in [2.45, 2.75) is 0 Å². The Hall–Kier alpha value is -3.25. The maximum atomic E-state index is 12.6. The van der Waals surface area contributed by atoms with E-state index in [1.54, 1.807) is 60.8 Å². The van der Waals surface area contributed by atoms with E-state index in [0.29, 0.717) is 33.5 Å². The van der Waals surface area contributed by atoms with Gasteiger partial charge in [-0.25, -0.2) is 4.98 Å². The van der Waals surface area contributed by atoms with E-state index < -0.39 is 0 Å². The monoisotopic (exact) mass is 384 g/mol. The van der Waals surface area contributed by atoms with E-state index in [-0.39, 0.29) is 11.8 Å². The SMILES string of the molecule is COc1ccc(C(=O)Nc2cccnc2Oc2ccc(Cl)cc2)cc1OC. The van der Waals surface area contributed by atoms with Crippen LogP contribution in [0.25, 0.3) is 0 Å². The van der Waals surface area contributed by atoms with Gasteiger partial charge in [0.15, 0.2) is 11.5 Å². The van der Waals surface area contributed by atoms with Crippen LogP contribution in [0.3, 0.4) is 0 Å². The van der Waals surface area contributed by atoms with E-state index in [1.807, 2.05) is 0 Å². The minimum atomic E-state index is -0.329. The number of nitrogens with zero attached hydrogens (tertiary/aromatic N) is 1. The Bertz CT molecular complexity index is 945. The molecule has 0 saturated heterocycles. The summed E-state index contributed by atoms with van der Waals surface area (Å²) in [5, 5.41) is 3.40. The maximum Gasteiger partial charge on any atom is 0.255 e. The molecule has 0 aliphatic heterocycles. The quantitative estimate of drug-likeness (QED) is 0.661. The van der Waals surface area contributed by atoms with Crippen molar-refractivity contribution in [2.75, 3.05) is 19.5 Å². The molecule has 0 atom stereocenters. The molecule has 1 N–H and O–H groups in total. The predicted molar refractivity (Wildman–Crippen MR) is 103 cm³/mol. The zero-order valence-corrected chi connectivity index (χ0v) is 15.5. The largest absolute Gasteiger partial charge is 0.493 e. The normalized spacial score (nSPS) is 10.2. The van der Waals surface area contributed by atoms with E-state index in [4.69, 9.17) is 25.8 Å². The van der Waals surface area contributed by atoms with Gasteiger partial charge in [0.25, 0.3) is 5.91 Å². The number of hydrogen-bond acceptors (Lipinski definition) is 5. The van der Waals surface area contributed by atoms with Crippen LogP contribution in [0.2, 0.25) is 5.02 Å². The van der Waals surface area contributed by atoms with Crippen LogP contribution in [0.15, 0.2) is 60.8 Å². The number of ether oxygens (including phenoxy) is 3. The summed E-state index contributed by atoms with van der Waals surface area (Å²) in [6, 6.07) is 15.2. The molecule has 1 aromatic heterocycles. The molecule has 7 heteroatoms. The first-order valence-corrected chi connectivity index (χ1v) is 8.40. The highest BCUT2D eigenvalue weighted by Crippen LogP contribution is 2.30. The van der Waals surface area contributed by atoms with Crippen molar-refractivity contribution in [3.8, 4) is 23.1 Å². The molecular formula is C20H17ClN2O4. The molecule has 0 radical (unpaired) electrons. The summed E-state index contributed by atoms with van der Waals surface area (Å²) in [6.45, 7) is 0. The third-order valence-electron chi connectivity index (χ3n) is 3.69. The van der Waals surface area contributed by atoms with Crippen molar-refractivity contribution in [1.29, 1.82) is 0 Å². The first-order chi connectivity index (χ1) is 13.1. The minimum Gasteiger partial charge on any atom is -0.493 e. The average molecular weight is 385 g/mol. The van der Waals surface area contributed by atoms with Gasteiger partial charge < -0.3 is 19.5 Å². The molecule has 0 unspecified atom stereocenters. The van der Waals surface area contributed by atoms with Crippen molar-refractivity contribution >= 4 is 23.2 Å². The summed E-state index contributed by atoms with van der Waals surface area (Å²) in [6.07, 6.45) is 1.58. The van der Waals surface area contributed by atoms with E-state index in [2.05, 4.69) is 10.3 Å². The Morgan fingerprint density at radius 2 is 1.74 bits per heavy atom. The molecule has 0 saturated carbocycles. The summed E-state index contributed by atoms with van der Waals surface area (Å²) in [5.41, 5.74) is 0.848. The highest BCUT2D eigenvalue weighted by atomic mass is 35.5. The fourth-order valence-corrected chi connectivity index (χ4v) is 2.48. The fraction of sp³-hybridized carbons (Fsp3) is 0.100. The number of aromatic nitrogens is 1. The van der Waals surface area contributed by atoms with Crippen LogP contribution in [0.5, 0.6) is 23.1 Å². The van der Waals surface area contributed by atoms with Crippen LogP contribution in [0, 0.1) is 0 Å². The van der Waals surface area contributed by atoms with Gasteiger partial charge in [0, 0.05) is 16.8 Å². The van der Waals surface area contributed by atoms with Gasteiger partial charge in [0.05, 0.1) is 14.2 Å². The zero-order chi connectivity index (χ0) is 19.2. The Balaban J connectivity index is 1.81. The Morgan fingerprint density at radius 3 is 2.44 bits per heavy atom. The Morgan fingerprint density at radius 1 is 1.00 bits per heavy atom. The molecule has 6 nitrogen and oxygen atoms in total. The van der Waals surface area contributed by atoms with Crippen LogP contribution in [0.4, 0.5) is 5.69 Å². The molecule has 1 heterocycles. The van der Waals surface area contributed by atoms with Gasteiger partial charge >= 0.3 is 0 Å². The molecule has 3 rings (SSSR count). The molecular weight excluding hydrogens is 368 g/mol. The number of amides is 1. The number of methoxy groups -OCH3 is 2. The smallest absolute Gasteiger partial charge is 0.255 e. The number of pyridine rings is 1. The molecule has 1 amide bonds. The second kappa shape index (κ2) is 8.42. The molecule has 27 heavy (non-hydrogen) atoms. The van der Waals surface area contributed by atoms with Crippen molar-refractivity contribution < 1.29 is 19.0 Å². The molecule has 0 fully saturated rings. The predicted octanol–water partition coefficient (Wildman–Crippen LogP) is 4.80. The van der Waals surface area contributed by atoms with Crippen LogP contribution in [-0.2, 0) is 0 Å². The van der Waals surface area contributed by atoms with Crippen LogP contribution < -0.4 is 19.5 Å². The van der Waals surface area contributed by atoms with Crippen molar-refractivity contribution in [2.24, 2.45) is 0 Å². The van der Waals surface area contributed by atoms with Crippen molar-refractivity contribution in [3.05, 3.63) is 71.4 Å². The van der Waals surface area contributed by atoms with E-state index in [1.165, 1.54) is 14.2 Å². The molecule has 0 bridgehead atoms. The van der Waals surface area contributed by atoms with Gasteiger partial charge in [-0.3, -0.25) is 4.79 Å². The highest BCUT2D eigenvalue weighted by molar-refractivity contribution is 6.30. The molecule has 0 spiro atoms. The van der Waals surface area contributed by atoms with E-state index in [9.17, 15) is 4.79 Å². The maximum absolute atomic E-state index is 12.6. The number of hydrogen-bond donors (Lipinski definition) is 1.